The summed E-state index contributed by atoms with van der Waals surface area (Å²) in [5, 5.41) is 4.25. The Morgan fingerprint density at radius 3 is 2.30 bits per heavy atom. The first kappa shape index (κ1) is 28.1. The van der Waals surface area contributed by atoms with E-state index >= 15 is 0 Å². The number of benzene rings is 2. The standard InChI is InChI=1S/C28H24F3N5O4/c1-17(25(38)40-27(2,3)4)35-24(37)22(23-13-14-33-36(23)20-11-9-19(32-5)10-12-20)16-34(26(35)39)21-8-6-7-18(15-21)28(29,30)31/h6-17H,1-4H3. The van der Waals surface area contributed by atoms with Gasteiger partial charge in [0.25, 0.3) is 5.56 Å². The average molecular weight is 552 g/mol. The Morgan fingerprint density at radius 2 is 1.70 bits per heavy atom. The van der Waals surface area contributed by atoms with E-state index in [4.69, 9.17) is 11.3 Å². The van der Waals surface area contributed by atoms with Gasteiger partial charge in [-0.2, -0.15) is 18.3 Å². The summed E-state index contributed by atoms with van der Waals surface area (Å²) in [6.07, 6.45) is -2.16. The number of hydrogen-bond acceptors (Lipinski definition) is 5. The van der Waals surface area contributed by atoms with E-state index in [0.717, 1.165) is 29.0 Å². The Kier molecular flexibility index (Phi) is 7.26. The molecule has 9 nitrogen and oxygen atoms in total. The molecule has 1 atom stereocenters. The molecule has 2 aromatic carbocycles. The summed E-state index contributed by atoms with van der Waals surface area (Å²) in [6, 6.07) is 10.5. The van der Waals surface area contributed by atoms with E-state index in [1.807, 2.05) is 0 Å². The normalized spacial score (nSPS) is 12.6. The maximum Gasteiger partial charge on any atom is 0.416 e. The highest BCUT2D eigenvalue weighted by Gasteiger charge is 2.32. The fourth-order valence-electron chi connectivity index (χ4n) is 3.98. The summed E-state index contributed by atoms with van der Waals surface area (Å²) in [4.78, 5) is 43.6. The predicted octanol–water partition coefficient (Wildman–Crippen LogP) is 5.32. The second-order valence-corrected chi connectivity index (χ2v) is 9.88. The number of hydrogen-bond donors (Lipinski definition) is 0. The van der Waals surface area contributed by atoms with Gasteiger partial charge in [0, 0.05) is 6.20 Å². The Bertz CT molecular complexity index is 1740. The lowest BCUT2D eigenvalue weighted by Crippen LogP contribution is -2.45. The quantitative estimate of drug-likeness (QED) is 0.247. The average Bonchev–Trinajstić information content (AvgIpc) is 3.37. The van der Waals surface area contributed by atoms with Gasteiger partial charge in [-0.1, -0.05) is 18.2 Å². The van der Waals surface area contributed by atoms with Crippen molar-refractivity contribution in [1.29, 1.82) is 0 Å². The summed E-state index contributed by atoms with van der Waals surface area (Å²) in [6.45, 7) is 13.3. The first-order valence-corrected chi connectivity index (χ1v) is 12.0. The third-order valence-corrected chi connectivity index (χ3v) is 5.85. The fraction of sp³-hybridized carbons (Fsp3) is 0.250. The first-order chi connectivity index (χ1) is 18.7. The number of esters is 1. The van der Waals surface area contributed by atoms with Gasteiger partial charge in [-0.25, -0.2) is 23.7 Å². The molecule has 1 unspecified atom stereocenters. The van der Waals surface area contributed by atoms with Crippen LogP contribution in [0.15, 0.2) is 76.6 Å². The van der Waals surface area contributed by atoms with Gasteiger partial charge in [-0.15, -0.1) is 0 Å². The molecule has 12 heteroatoms. The molecule has 0 spiro atoms. The third-order valence-electron chi connectivity index (χ3n) is 5.85. The number of halogens is 3. The number of carbonyl (C=O) groups is 1. The van der Waals surface area contributed by atoms with Crippen LogP contribution < -0.4 is 11.2 Å². The highest BCUT2D eigenvalue weighted by atomic mass is 19.4. The minimum absolute atomic E-state index is 0.112. The van der Waals surface area contributed by atoms with Crippen LogP contribution in [-0.4, -0.2) is 30.5 Å². The maximum atomic E-state index is 13.8. The third kappa shape index (κ3) is 5.58. The monoisotopic (exact) mass is 551 g/mol. The second-order valence-electron chi connectivity index (χ2n) is 9.88. The molecule has 0 bridgehead atoms. The number of nitrogens with zero attached hydrogens (tertiary/aromatic N) is 5. The van der Waals surface area contributed by atoms with Gasteiger partial charge in [0.05, 0.1) is 41.0 Å². The Morgan fingerprint density at radius 1 is 1.02 bits per heavy atom. The Balaban J connectivity index is 1.99. The van der Waals surface area contributed by atoms with E-state index in [9.17, 15) is 27.6 Å². The van der Waals surface area contributed by atoms with Gasteiger partial charge >= 0.3 is 17.8 Å². The summed E-state index contributed by atoms with van der Waals surface area (Å²) in [5.74, 6) is -0.873. The molecule has 0 fully saturated rings. The van der Waals surface area contributed by atoms with Crippen molar-refractivity contribution in [2.24, 2.45) is 0 Å². The zero-order chi connectivity index (χ0) is 29.4. The molecule has 0 N–H and O–H groups in total. The van der Waals surface area contributed by atoms with Gasteiger partial charge in [0.2, 0.25) is 0 Å². The molecule has 0 aliphatic rings. The van der Waals surface area contributed by atoms with Gasteiger partial charge in [0.1, 0.15) is 11.6 Å². The molecule has 4 rings (SSSR count). The predicted molar refractivity (Wildman–Crippen MR) is 141 cm³/mol. The number of carbonyl (C=O) groups excluding carboxylic acids is 1. The Labute approximate surface area is 226 Å². The van der Waals surface area contributed by atoms with Crippen LogP contribution in [0, 0.1) is 6.57 Å². The molecule has 0 amide bonds. The molecule has 0 saturated heterocycles. The van der Waals surface area contributed by atoms with Crippen molar-refractivity contribution in [2.45, 2.75) is 45.5 Å². The van der Waals surface area contributed by atoms with Crippen molar-refractivity contribution in [3.05, 3.63) is 105 Å². The van der Waals surface area contributed by atoms with E-state index in [0.29, 0.717) is 15.9 Å². The lowest BCUT2D eigenvalue weighted by molar-refractivity contribution is -0.158. The van der Waals surface area contributed by atoms with Crippen LogP contribution in [-0.2, 0) is 15.7 Å². The van der Waals surface area contributed by atoms with Gasteiger partial charge in [-0.3, -0.25) is 9.36 Å². The van der Waals surface area contributed by atoms with E-state index in [-0.39, 0.29) is 16.9 Å². The molecule has 0 aliphatic carbocycles. The largest absolute Gasteiger partial charge is 0.458 e. The lowest BCUT2D eigenvalue weighted by Gasteiger charge is -2.23. The van der Waals surface area contributed by atoms with Crippen molar-refractivity contribution < 1.29 is 22.7 Å². The zero-order valence-corrected chi connectivity index (χ0v) is 21.9. The fourth-order valence-corrected chi connectivity index (χ4v) is 3.98. The van der Waals surface area contributed by atoms with Crippen molar-refractivity contribution in [3.63, 3.8) is 0 Å². The van der Waals surface area contributed by atoms with E-state index in [2.05, 4.69) is 9.94 Å². The minimum Gasteiger partial charge on any atom is -0.458 e. The van der Waals surface area contributed by atoms with Crippen LogP contribution in [0.2, 0.25) is 0 Å². The number of rotatable bonds is 5. The maximum absolute atomic E-state index is 13.8. The highest BCUT2D eigenvalue weighted by Crippen LogP contribution is 2.30. The lowest BCUT2D eigenvalue weighted by atomic mass is 10.1. The Hall–Kier alpha value is -4.92. The van der Waals surface area contributed by atoms with Crippen LogP contribution >= 0.6 is 0 Å². The first-order valence-electron chi connectivity index (χ1n) is 12.0. The molecule has 2 heterocycles. The van der Waals surface area contributed by atoms with Crippen LogP contribution in [0.4, 0.5) is 18.9 Å². The SMILES string of the molecule is [C-]#[N+]c1ccc(-n2nccc2-c2cn(-c3cccc(C(F)(F)F)c3)c(=O)n(C(C)C(=O)OC(C)(C)C)c2=O)cc1. The summed E-state index contributed by atoms with van der Waals surface area (Å²) < 4.78 is 48.7. The molecular formula is C28H24F3N5O4. The topological polar surface area (TPSA) is 92.5 Å². The van der Waals surface area contributed by atoms with E-state index in [1.165, 1.54) is 29.9 Å². The number of aromatic nitrogens is 4. The molecule has 4 aromatic rings. The van der Waals surface area contributed by atoms with Crippen molar-refractivity contribution in [3.8, 4) is 22.6 Å². The van der Waals surface area contributed by atoms with Crippen LogP contribution in [0.25, 0.3) is 27.5 Å². The van der Waals surface area contributed by atoms with Crippen LogP contribution in [0.1, 0.15) is 39.3 Å². The van der Waals surface area contributed by atoms with Gasteiger partial charge in [-0.05, 0) is 64.1 Å². The van der Waals surface area contributed by atoms with Gasteiger partial charge in [0.15, 0.2) is 5.69 Å². The number of ether oxygens (including phenoxy) is 1. The highest BCUT2D eigenvalue weighted by molar-refractivity contribution is 5.74. The van der Waals surface area contributed by atoms with Crippen LogP contribution in [0.3, 0.4) is 0 Å². The van der Waals surface area contributed by atoms with Gasteiger partial charge < -0.3 is 4.74 Å². The second kappa shape index (κ2) is 10.3. The van der Waals surface area contributed by atoms with E-state index in [1.54, 1.807) is 45.0 Å². The molecule has 2 aromatic heterocycles. The summed E-state index contributed by atoms with van der Waals surface area (Å²) >= 11 is 0. The van der Waals surface area contributed by atoms with E-state index < -0.39 is 40.6 Å². The molecule has 40 heavy (non-hydrogen) atoms. The molecular weight excluding hydrogens is 527 g/mol. The molecule has 0 aliphatic heterocycles. The zero-order valence-electron chi connectivity index (χ0n) is 21.9. The van der Waals surface area contributed by atoms with Crippen molar-refractivity contribution >= 4 is 11.7 Å². The number of alkyl halides is 3. The molecule has 0 saturated carbocycles. The summed E-state index contributed by atoms with van der Waals surface area (Å²) in [7, 11) is 0. The summed E-state index contributed by atoms with van der Waals surface area (Å²) in [5.41, 5.74) is -3.04. The minimum atomic E-state index is -4.68. The van der Waals surface area contributed by atoms with Crippen molar-refractivity contribution in [2.75, 3.05) is 0 Å². The smallest absolute Gasteiger partial charge is 0.416 e. The molecule has 0 radical (unpaired) electrons. The van der Waals surface area contributed by atoms with Crippen LogP contribution in [0.5, 0.6) is 0 Å². The van der Waals surface area contributed by atoms with Crippen molar-refractivity contribution in [1.82, 2.24) is 18.9 Å². The molecule has 206 valence electrons.